The summed E-state index contributed by atoms with van der Waals surface area (Å²) in [6.07, 6.45) is 1.95. The van der Waals surface area contributed by atoms with Crippen LogP contribution in [0.2, 0.25) is 0 Å². The van der Waals surface area contributed by atoms with E-state index >= 15 is 0 Å². The maximum atomic E-state index is 13.6. The van der Waals surface area contributed by atoms with E-state index in [1.54, 1.807) is 12.1 Å². The Morgan fingerprint density at radius 3 is 2.20 bits per heavy atom. The van der Waals surface area contributed by atoms with Crippen molar-refractivity contribution in [3.8, 4) is 11.5 Å². The molecular formula is C25H35N3O6S. The summed E-state index contributed by atoms with van der Waals surface area (Å²) in [5.41, 5.74) is 1.27. The van der Waals surface area contributed by atoms with Crippen molar-refractivity contribution in [3.63, 3.8) is 0 Å². The highest BCUT2D eigenvalue weighted by Crippen LogP contribution is 2.32. The van der Waals surface area contributed by atoms with E-state index in [4.69, 9.17) is 9.47 Å². The Morgan fingerprint density at radius 2 is 1.66 bits per heavy atom. The Bertz CT molecular complexity index is 1090. The molecule has 9 nitrogen and oxygen atoms in total. The highest BCUT2D eigenvalue weighted by molar-refractivity contribution is 7.92. The van der Waals surface area contributed by atoms with Gasteiger partial charge in [-0.3, -0.25) is 13.9 Å². The highest BCUT2D eigenvalue weighted by Gasteiger charge is 2.31. The van der Waals surface area contributed by atoms with Crippen LogP contribution in [0.3, 0.4) is 0 Å². The number of methoxy groups -OCH3 is 2. The number of hydrogen-bond acceptors (Lipinski definition) is 6. The van der Waals surface area contributed by atoms with Crippen LogP contribution in [-0.4, -0.2) is 71.3 Å². The van der Waals surface area contributed by atoms with Crippen LogP contribution in [0.1, 0.15) is 25.8 Å². The van der Waals surface area contributed by atoms with Crippen molar-refractivity contribution in [2.45, 2.75) is 32.7 Å². The molecule has 0 bridgehead atoms. The molecule has 2 amide bonds. The van der Waals surface area contributed by atoms with Crippen molar-refractivity contribution in [1.29, 1.82) is 0 Å². The summed E-state index contributed by atoms with van der Waals surface area (Å²) in [5, 5.41) is 2.78. The summed E-state index contributed by atoms with van der Waals surface area (Å²) in [5.74, 6) is 0.0243. The van der Waals surface area contributed by atoms with Crippen molar-refractivity contribution in [1.82, 2.24) is 10.2 Å². The lowest BCUT2D eigenvalue weighted by molar-refractivity contribution is -0.139. The molecule has 1 atom stereocenters. The predicted molar refractivity (Wildman–Crippen MR) is 136 cm³/mol. The number of amides is 2. The fraction of sp³-hybridized carbons (Fsp3) is 0.440. The summed E-state index contributed by atoms with van der Waals surface area (Å²) < 4.78 is 36.9. The maximum absolute atomic E-state index is 13.6. The van der Waals surface area contributed by atoms with Crippen molar-refractivity contribution in [2.75, 3.05) is 44.4 Å². The Morgan fingerprint density at radius 1 is 1.00 bits per heavy atom. The van der Waals surface area contributed by atoms with E-state index in [2.05, 4.69) is 5.32 Å². The van der Waals surface area contributed by atoms with E-state index in [0.29, 0.717) is 30.9 Å². The standard InChI is InChI=1S/C25H35N3O6S/c1-6-21(25(30)26-7-2)27(16-15-19-11-9-8-10-12-19)24(29)18-28(35(5,31)32)20-13-14-22(33-3)23(17-20)34-4/h8-14,17,21H,6-7,15-16,18H2,1-5H3,(H,26,30)/t21-/m0/s1. The first-order valence-corrected chi connectivity index (χ1v) is 13.3. The SMILES string of the molecule is CCNC(=O)[C@H](CC)N(CCc1ccccc1)C(=O)CN(c1ccc(OC)c(OC)c1)S(C)(=O)=O. The van der Waals surface area contributed by atoms with Gasteiger partial charge in [-0.25, -0.2) is 8.42 Å². The van der Waals surface area contributed by atoms with Crippen LogP contribution in [0.4, 0.5) is 5.69 Å². The number of carbonyl (C=O) groups excluding carboxylic acids is 2. The molecule has 0 radical (unpaired) electrons. The third-order valence-electron chi connectivity index (χ3n) is 5.56. The lowest BCUT2D eigenvalue weighted by Gasteiger charge is -2.32. The second-order valence-corrected chi connectivity index (χ2v) is 9.86. The molecule has 0 saturated carbocycles. The number of rotatable bonds is 13. The molecule has 1 N–H and O–H groups in total. The second kappa shape index (κ2) is 13.0. The third kappa shape index (κ3) is 7.61. The zero-order valence-corrected chi connectivity index (χ0v) is 21.8. The molecule has 0 aromatic heterocycles. The number of likely N-dealkylation sites (N-methyl/N-ethyl adjacent to an activating group) is 1. The predicted octanol–water partition coefficient (Wildman–Crippen LogP) is 2.46. The Balaban J connectivity index is 2.40. The van der Waals surface area contributed by atoms with Gasteiger partial charge in [-0.1, -0.05) is 37.3 Å². The first-order chi connectivity index (χ1) is 16.7. The van der Waals surface area contributed by atoms with E-state index in [1.807, 2.05) is 44.2 Å². The zero-order chi connectivity index (χ0) is 26.0. The number of anilines is 1. The van der Waals surface area contributed by atoms with Gasteiger partial charge in [-0.2, -0.15) is 0 Å². The summed E-state index contributed by atoms with van der Waals surface area (Å²) >= 11 is 0. The van der Waals surface area contributed by atoms with E-state index in [9.17, 15) is 18.0 Å². The number of nitrogens with one attached hydrogen (secondary N) is 1. The summed E-state index contributed by atoms with van der Waals surface area (Å²) in [6.45, 7) is 3.87. The van der Waals surface area contributed by atoms with Crippen LogP contribution in [-0.2, 0) is 26.0 Å². The molecule has 0 saturated heterocycles. The second-order valence-electron chi connectivity index (χ2n) is 7.95. The lowest BCUT2D eigenvalue weighted by Crippen LogP contribution is -2.53. The van der Waals surface area contributed by atoms with Gasteiger partial charge in [0.1, 0.15) is 12.6 Å². The van der Waals surface area contributed by atoms with E-state index in [0.717, 1.165) is 16.1 Å². The van der Waals surface area contributed by atoms with Crippen molar-refractivity contribution in [3.05, 3.63) is 54.1 Å². The van der Waals surface area contributed by atoms with Gasteiger partial charge in [-0.15, -0.1) is 0 Å². The lowest BCUT2D eigenvalue weighted by atomic mass is 10.1. The number of nitrogens with zero attached hydrogens (tertiary/aromatic N) is 2. The van der Waals surface area contributed by atoms with Crippen molar-refractivity contribution in [2.24, 2.45) is 0 Å². The van der Waals surface area contributed by atoms with Crippen LogP contribution in [0.15, 0.2) is 48.5 Å². The Kier molecular flexibility index (Phi) is 10.4. The molecule has 0 spiro atoms. The van der Waals surface area contributed by atoms with Gasteiger partial charge in [-0.05, 0) is 37.5 Å². The van der Waals surface area contributed by atoms with Gasteiger partial charge in [0.25, 0.3) is 0 Å². The smallest absolute Gasteiger partial charge is 0.244 e. The molecular weight excluding hydrogens is 470 g/mol. The fourth-order valence-electron chi connectivity index (χ4n) is 3.78. The fourth-order valence-corrected chi connectivity index (χ4v) is 4.62. The number of ether oxygens (including phenoxy) is 2. The van der Waals surface area contributed by atoms with Gasteiger partial charge in [0, 0.05) is 19.2 Å². The average Bonchev–Trinajstić information content (AvgIpc) is 2.84. The molecule has 0 unspecified atom stereocenters. The Hall–Kier alpha value is -3.27. The van der Waals surface area contributed by atoms with E-state index in [-0.39, 0.29) is 18.1 Å². The van der Waals surface area contributed by atoms with Gasteiger partial charge >= 0.3 is 0 Å². The van der Waals surface area contributed by atoms with Crippen LogP contribution in [0, 0.1) is 0 Å². The van der Waals surface area contributed by atoms with E-state index < -0.39 is 28.5 Å². The molecule has 2 aromatic rings. The number of sulfonamides is 1. The first kappa shape index (κ1) is 28.0. The van der Waals surface area contributed by atoms with Crippen LogP contribution in [0.25, 0.3) is 0 Å². The molecule has 0 aliphatic carbocycles. The summed E-state index contributed by atoms with van der Waals surface area (Å²) in [6, 6.07) is 13.5. The Labute approximate surface area is 208 Å². The quantitative estimate of drug-likeness (QED) is 0.448. The van der Waals surface area contributed by atoms with Gasteiger partial charge in [0.2, 0.25) is 21.8 Å². The summed E-state index contributed by atoms with van der Waals surface area (Å²) in [7, 11) is -0.908. The summed E-state index contributed by atoms with van der Waals surface area (Å²) in [4.78, 5) is 27.8. The molecule has 0 aliphatic heterocycles. The molecule has 2 rings (SSSR count). The molecule has 35 heavy (non-hydrogen) atoms. The normalized spacial score (nSPS) is 11.9. The average molecular weight is 506 g/mol. The third-order valence-corrected chi connectivity index (χ3v) is 6.70. The van der Waals surface area contributed by atoms with Crippen LogP contribution in [0.5, 0.6) is 11.5 Å². The highest BCUT2D eigenvalue weighted by atomic mass is 32.2. The number of carbonyl (C=O) groups is 2. The topological polar surface area (TPSA) is 105 Å². The molecule has 0 fully saturated rings. The molecule has 2 aromatic carbocycles. The number of benzene rings is 2. The largest absolute Gasteiger partial charge is 0.493 e. The van der Waals surface area contributed by atoms with Crippen molar-refractivity contribution < 1.29 is 27.5 Å². The van der Waals surface area contributed by atoms with Gasteiger partial charge in [0.05, 0.1) is 26.2 Å². The van der Waals surface area contributed by atoms with Gasteiger partial charge < -0.3 is 19.7 Å². The van der Waals surface area contributed by atoms with Gasteiger partial charge in [0.15, 0.2) is 11.5 Å². The van der Waals surface area contributed by atoms with Crippen LogP contribution >= 0.6 is 0 Å². The molecule has 0 aliphatic rings. The van der Waals surface area contributed by atoms with E-state index in [1.165, 1.54) is 25.2 Å². The van der Waals surface area contributed by atoms with Crippen LogP contribution < -0.4 is 19.1 Å². The monoisotopic (exact) mass is 505 g/mol. The minimum absolute atomic E-state index is 0.257. The maximum Gasteiger partial charge on any atom is 0.244 e. The minimum Gasteiger partial charge on any atom is -0.493 e. The first-order valence-electron chi connectivity index (χ1n) is 11.5. The minimum atomic E-state index is -3.83. The van der Waals surface area contributed by atoms with Crippen molar-refractivity contribution >= 4 is 27.5 Å². The zero-order valence-electron chi connectivity index (χ0n) is 21.0. The number of hydrogen-bond donors (Lipinski definition) is 1. The molecule has 0 heterocycles. The molecule has 192 valence electrons. The molecule has 10 heteroatoms.